The van der Waals surface area contributed by atoms with E-state index in [9.17, 15) is 38.6 Å². The Morgan fingerprint density at radius 2 is 1.89 bits per heavy atom. The van der Waals surface area contributed by atoms with E-state index in [2.05, 4.69) is 15.4 Å². The number of carbonyl (C=O) groups is 2. The Hall–Kier alpha value is -4.38. The van der Waals surface area contributed by atoms with Gasteiger partial charge in [0.2, 0.25) is 5.91 Å². The van der Waals surface area contributed by atoms with E-state index in [4.69, 9.17) is 5.73 Å². The second-order valence-electron chi connectivity index (χ2n) is 7.63. The lowest BCUT2D eigenvalue weighted by molar-refractivity contribution is -0.424. The van der Waals surface area contributed by atoms with E-state index < -0.39 is 51.8 Å². The highest BCUT2D eigenvalue weighted by Crippen LogP contribution is 2.44. The molecule has 192 valence electrons. The summed E-state index contributed by atoms with van der Waals surface area (Å²) < 4.78 is 27.9. The van der Waals surface area contributed by atoms with E-state index in [0.717, 1.165) is 15.6 Å². The van der Waals surface area contributed by atoms with Crippen LogP contribution in [-0.4, -0.2) is 36.4 Å². The Morgan fingerprint density at radius 1 is 1.19 bits per heavy atom. The van der Waals surface area contributed by atoms with Gasteiger partial charge in [0.15, 0.2) is 0 Å². The van der Waals surface area contributed by atoms with Crippen molar-refractivity contribution in [3.8, 4) is 10.4 Å². The van der Waals surface area contributed by atoms with Gasteiger partial charge in [0.05, 0.1) is 15.7 Å². The second kappa shape index (κ2) is 9.58. The fraction of sp³-hybridized carbons (Fsp3) is 0.200. The predicted octanol–water partition coefficient (Wildman–Crippen LogP) is 4.33. The number of pyridine rings is 1. The molecule has 4 aromatic heterocycles. The normalized spacial score (nSPS) is 11.3. The number of aromatic nitrogens is 3. The molecule has 17 heteroatoms. The number of amides is 2. The Morgan fingerprint density at radius 3 is 2.41 bits per heavy atom. The average molecular weight is 552 g/mol. The number of nitro groups is 2. The quantitative estimate of drug-likeness (QED) is 0.239. The van der Waals surface area contributed by atoms with E-state index in [-0.39, 0.29) is 26.5 Å². The topological polar surface area (TPSA) is 189 Å². The van der Waals surface area contributed by atoms with Crippen molar-refractivity contribution in [2.75, 3.05) is 5.32 Å². The number of anilines is 1. The first-order chi connectivity index (χ1) is 17.4. The Labute approximate surface area is 212 Å². The van der Waals surface area contributed by atoms with Gasteiger partial charge in [-0.1, -0.05) is 0 Å². The van der Waals surface area contributed by atoms with Crippen LogP contribution in [0.4, 0.5) is 26.0 Å². The predicted molar refractivity (Wildman–Crippen MR) is 130 cm³/mol. The SMILES string of the molecule is Cc1ccc(-c2cc(C(F)F)nc3sc(C(N)=O)c(NC(=O)Cn4nc([N+](=O)[O-])c([N+](=O)[O-])c4C)c23)s1. The fourth-order valence-corrected chi connectivity index (χ4v) is 5.53. The van der Waals surface area contributed by atoms with Crippen LogP contribution in [0.3, 0.4) is 0 Å². The highest BCUT2D eigenvalue weighted by molar-refractivity contribution is 7.21. The highest BCUT2D eigenvalue weighted by Gasteiger charge is 2.36. The van der Waals surface area contributed by atoms with Crippen LogP contribution < -0.4 is 11.1 Å². The average Bonchev–Trinajstić information content (AvgIpc) is 3.49. The molecule has 2 amide bonds. The van der Waals surface area contributed by atoms with Crippen molar-refractivity contribution in [3.63, 3.8) is 0 Å². The lowest BCUT2D eigenvalue weighted by Gasteiger charge is -2.10. The van der Waals surface area contributed by atoms with Gasteiger partial charge in [-0.3, -0.25) is 19.7 Å². The molecule has 37 heavy (non-hydrogen) atoms. The Kier molecular flexibility index (Phi) is 6.66. The number of thiophene rings is 2. The third-order valence-electron chi connectivity index (χ3n) is 5.21. The molecule has 0 fully saturated rings. The van der Waals surface area contributed by atoms with Crippen LogP contribution in [0.15, 0.2) is 18.2 Å². The zero-order valence-corrected chi connectivity index (χ0v) is 20.5. The van der Waals surface area contributed by atoms with E-state index in [1.807, 2.05) is 6.92 Å². The monoisotopic (exact) mass is 551 g/mol. The second-order valence-corrected chi connectivity index (χ2v) is 9.92. The molecule has 0 saturated heterocycles. The van der Waals surface area contributed by atoms with Crippen molar-refractivity contribution < 1.29 is 28.2 Å². The van der Waals surface area contributed by atoms with Gasteiger partial charge in [-0.25, -0.2) is 13.8 Å². The molecule has 0 radical (unpaired) electrons. The number of nitrogens with zero attached hydrogens (tertiary/aromatic N) is 5. The molecule has 13 nitrogen and oxygen atoms in total. The highest BCUT2D eigenvalue weighted by atomic mass is 32.1. The van der Waals surface area contributed by atoms with Gasteiger partial charge < -0.3 is 21.2 Å². The molecule has 0 bridgehead atoms. The van der Waals surface area contributed by atoms with E-state index in [1.54, 1.807) is 12.1 Å². The maximum atomic E-state index is 13.6. The van der Waals surface area contributed by atoms with E-state index in [0.29, 0.717) is 21.8 Å². The zero-order chi connectivity index (χ0) is 27.2. The van der Waals surface area contributed by atoms with Gasteiger partial charge >= 0.3 is 11.5 Å². The van der Waals surface area contributed by atoms with Gasteiger partial charge in [0, 0.05) is 20.7 Å². The summed E-state index contributed by atoms with van der Waals surface area (Å²) in [6.45, 7) is 2.32. The third kappa shape index (κ3) is 4.73. The summed E-state index contributed by atoms with van der Waals surface area (Å²) in [7, 11) is 0. The van der Waals surface area contributed by atoms with Crippen LogP contribution in [0.25, 0.3) is 20.7 Å². The minimum atomic E-state index is -2.91. The molecular weight excluding hydrogens is 536 g/mol. The number of primary amides is 1. The molecule has 0 aliphatic carbocycles. The lowest BCUT2D eigenvalue weighted by Crippen LogP contribution is -2.22. The van der Waals surface area contributed by atoms with E-state index in [1.165, 1.54) is 18.3 Å². The van der Waals surface area contributed by atoms with Gasteiger partial charge in [0.25, 0.3) is 12.3 Å². The van der Waals surface area contributed by atoms with Crippen molar-refractivity contribution >= 4 is 61.9 Å². The first-order valence-electron chi connectivity index (χ1n) is 10.2. The summed E-state index contributed by atoms with van der Waals surface area (Å²) >= 11 is 2.01. The van der Waals surface area contributed by atoms with Crippen molar-refractivity contribution in [2.24, 2.45) is 5.73 Å². The maximum absolute atomic E-state index is 13.6. The van der Waals surface area contributed by atoms with Gasteiger partial charge in [0.1, 0.15) is 27.6 Å². The molecule has 0 unspecified atom stereocenters. The van der Waals surface area contributed by atoms with Crippen LogP contribution in [0.2, 0.25) is 0 Å². The van der Waals surface area contributed by atoms with Crippen LogP contribution in [0, 0.1) is 34.1 Å². The van der Waals surface area contributed by atoms with Gasteiger partial charge in [-0.15, -0.1) is 22.7 Å². The molecule has 4 aromatic rings. The summed E-state index contributed by atoms with van der Waals surface area (Å²) in [6.07, 6.45) is -2.91. The fourth-order valence-electron chi connectivity index (χ4n) is 3.62. The number of carbonyl (C=O) groups excluding carboxylic acids is 2. The summed E-state index contributed by atoms with van der Waals surface area (Å²) in [5.74, 6) is -2.84. The molecule has 0 spiro atoms. The molecular formula is C20H15F2N7O6S2. The van der Waals surface area contributed by atoms with Crippen LogP contribution in [-0.2, 0) is 11.3 Å². The van der Waals surface area contributed by atoms with Crippen molar-refractivity contribution in [1.29, 1.82) is 0 Å². The Bertz CT molecular complexity index is 1610. The number of fused-ring (bicyclic) bond motifs is 1. The number of hydrogen-bond acceptors (Lipinski definition) is 10. The van der Waals surface area contributed by atoms with Crippen molar-refractivity contribution in [3.05, 3.63) is 59.6 Å². The molecule has 0 aromatic carbocycles. The van der Waals surface area contributed by atoms with Crippen molar-refractivity contribution in [1.82, 2.24) is 14.8 Å². The molecule has 0 atom stereocenters. The van der Waals surface area contributed by atoms with Crippen LogP contribution in [0.5, 0.6) is 0 Å². The first-order valence-corrected chi connectivity index (χ1v) is 11.8. The number of halogens is 2. The largest absolute Gasteiger partial charge is 0.468 e. The van der Waals surface area contributed by atoms with Gasteiger partial charge in [-0.2, -0.15) is 4.68 Å². The zero-order valence-electron chi connectivity index (χ0n) is 18.9. The number of aryl methyl sites for hydroxylation is 1. The summed E-state index contributed by atoms with van der Waals surface area (Å²) in [5, 5.41) is 28.7. The molecule has 3 N–H and O–H groups in total. The number of alkyl halides is 2. The first kappa shape index (κ1) is 25.7. The maximum Gasteiger partial charge on any atom is 0.468 e. The third-order valence-corrected chi connectivity index (χ3v) is 7.34. The van der Waals surface area contributed by atoms with Crippen LogP contribution in [0.1, 0.15) is 32.4 Å². The smallest absolute Gasteiger partial charge is 0.365 e. The van der Waals surface area contributed by atoms with Gasteiger partial charge in [-0.05, 0) is 37.0 Å². The van der Waals surface area contributed by atoms with Crippen molar-refractivity contribution in [2.45, 2.75) is 26.8 Å². The van der Waals surface area contributed by atoms with Crippen LogP contribution >= 0.6 is 22.7 Å². The minimum Gasteiger partial charge on any atom is -0.365 e. The van der Waals surface area contributed by atoms with E-state index >= 15 is 0 Å². The molecule has 4 heterocycles. The number of nitrogens with two attached hydrogens (primary N) is 1. The number of nitrogens with one attached hydrogen (secondary N) is 1. The molecule has 0 aliphatic heterocycles. The summed E-state index contributed by atoms with van der Waals surface area (Å²) in [4.78, 5) is 50.8. The summed E-state index contributed by atoms with van der Waals surface area (Å²) in [6, 6.07) is 4.63. The summed E-state index contributed by atoms with van der Waals surface area (Å²) in [5.41, 5.74) is 4.06. The standard InChI is InChI=1S/C20H15F2N7O6S2/c1-7-3-4-11(36-7)9-5-10(17(21)22)24-20-13(9)14(16(37-20)18(23)31)25-12(30)6-27-8(2)15(28(32)33)19(26-27)29(34)35/h3-5,17H,6H2,1-2H3,(H2,23,31)(H,25,30). The Balaban J connectivity index is 1.83. The molecule has 4 rings (SSSR count). The lowest BCUT2D eigenvalue weighted by atomic mass is 10.1. The molecule has 0 saturated carbocycles. The minimum absolute atomic E-state index is 0.0319. The molecule has 0 aliphatic rings. The number of hydrogen-bond donors (Lipinski definition) is 2. The number of rotatable bonds is 8.